The highest BCUT2D eigenvalue weighted by atomic mass is 35.5. The van der Waals surface area contributed by atoms with Crippen molar-refractivity contribution < 1.29 is 9.53 Å². The van der Waals surface area contributed by atoms with Gasteiger partial charge in [-0.15, -0.1) is 12.4 Å². The smallest absolute Gasteiger partial charge is 0.225 e. The average molecular weight is 380 g/mol. The van der Waals surface area contributed by atoms with Gasteiger partial charge in [-0.2, -0.15) is 0 Å². The first-order valence-corrected chi connectivity index (χ1v) is 9.75. The number of halogens is 1. The van der Waals surface area contributed by atoms with Crippen molar-refractivity contribution >= 4 is 18.3 Å². The molecule has 2 heterocycles. The van der Waals surface area contributed by atoms with Crippen LogP contribution in [-0.4, -0.2) is 41.0 Å². The number of carbonyl (C=O) groups excluding carboxylic acids is 1. The number of rotatable bonds is 4. The summed E-state index contributed by atoms with van der Waals surface area (Å²) in [6.07, 6.45) is 10.4. The van der Waals surface area contributed by atoms with Crippen molar-refractivity contribution in [3.05, 3.63) is 30.1 Å². The molecular weight excluding hydrogens is 350 g/mol. The maximum Gasteiger partial charge on any atom is 0.225 e. The van der Waals surface area contributed by atoms with Crippen LogP contribution in [0.15, 0.2) is 24.5 Å². The summed E-state index contributed by atoms with van der Waals surface area (Å²) in [4.78, 5) is 19.0. The molecule has 0 radical (unpaired) electrons. The fourth-order valence-electron chi connectivity index (χ4n) is 5.01. The van der Waals surface area contributed by atoms with Gasteiger partial charge >= 0.3 is 0 Å². The van der Waals surface area contributed by atoms with Crippen LogP contribution >= 0.6 is 12.4 Å². The molecule has 1 aliphatic heterocycles. The van der Waals surface area contributed by atoms with E-state index in [4.69, 9.17) is 10.5 Å². The van der Waals surface area contributed by atoms with E-state index in [1.165, 1.54) is 19.3 Å². The van der Waals surface area contributed by atoms with Crippen LogP contribution in [0.5, 0.6) is 0 Å². The molecule has 2 aliphatic carbocycles. The molecule has 5 nitrogen and oxygen atoms in total. The van der Waals surface area contributed by atoms with Gasteiger partial charge in [-0.3, -0.25) is 9.78 Å². The molecule has 6 heteroatoms. The summed E-state index contributed by atoms with van der Waals surface area (Å²) < 4.78 is 6.01. The Morgan fingerprint density at radius 3 is 2.58 bits per heavy atom. The van der Waals surface area contributed by atoms with Crippen LogP contribution < -0.4 is 5.73 Å². The van der Waals surface area contributed by atoms with Crippen LogP contribution in [0.25, 0.3) is 0 Å². The molecule has 3 fully saturated rings. The molecule has 2 saturated carbocycles. The Morgan fingerprint density at radius 2 is 1.88 bits per heavy atom. The number of likely N-dealkylation sites (tertiary alicyclic amines) is 1. The van der Waals surface area contributed by atoms with Crippen LogP contribution in [0.2, 0.25) is 0 Å². The minimum Gasteiger partial charge on any atom is -0.372 e. The van der Waals surface area contributed by atoms with Crippen molar-refractivity contribution in [2.24, 2.45) is 23.5 Å². The number of amides is 1. The summed E-state index contributed by atoms with van der Waals surface area (Å²) in [6, 6.07) is 4.27. The van der Waals surface area contributed by atoms with Crippen molar-refractivity contribution in [1.82, 2.24) is 9.88 Å². The van der Waals surface area contributed by atoms with Gasteiger partial charge in [0, 0.05) is 37.4 Å². The van der Waals surface area contributed by atoms with Gasteiger partial charge in [0.05, 0.1) is 12.7 Å². The SMILES string of the molecule is Cl.NC1C2CCCC1CC(C(=O)N1CCC(OCc3ccncc3)C1)C2. The molecule has 144 valence electrons. The third-order valence-corrected chi connectivity index (χ3v) is 6.45. The molecule has 3 aliphatic rings. The standard InChI is InChI=1S/C20H29N3O2.ClH/c21-19-15-2-1-3-16(19)11-17(10-15)20(24)23-9-6-18(12-23)25-13-14-4-7-22-8-5-14;/h4-5,7-8,15-19H,1-3,6,9-13,21H2;1H. The lowest BCUT2D eigenvalue weighted by molar-refractivity contribution is -0.138. The van der Waals surface area contributed by atoms with E-state index in [9.17, 15) is 4.79 Å². The molecule has 1 aromatic heterocycles. The van der Waals surface area contributed by atoms with Gasteiger partial charge in [-0.05, 0) is 61.6 Å². The normalized spacial score (nSPS) is 33.6. The molecule has 4 rings (SSSR count). The fraction of sp³-hybridized carbons (Fsp3) is 0.700. The van der Waals surface area contributed by atoms with Crippen LogP contribution in [0, 0.1) is 17.8 Å². The molecule has 2 bridgehead atoms. The monoisotopic (exact) mass is 379 g/mol. The molecule has 0 spiro atoms. The molecule has 1 saturated heterocycles. The summed E-state index contributed by atoms with van der Waals surface area (Å²) in [5.74, 6) is 1.65. The van der Waals surface area contributed by atoms with E-state index in [1.54, 1.807) is 12.4 Å². The van der Waals surface area contributed by atoms with E-state index >= 15 is 0 Å². The van der Waals surface area contributed by atoms with Crippen LogP contribution in [0.3, 0.4) is 0 Å². The molecular formula is C20H30ClN3O2. The highest BCUT2D eigenvalue weighted by Crippen LogP contribution is 2.42. The molecule has 3 unspecified atom stereocenters. The molecule has 1 aromatic rings. The highest BCUT2D eigenvalue weighted by molar-refractivity contribution is 5.85. The molecule has 1 amide bonds. The summed E-state index contributed by atoms with van der Waals surface area (Å²) in [6.45, 7) is 2.16. The number of carbonyl (C=O) groups is 1. The number of fused-ring (bicyclic) bond motifs is 2. The first-order chi connectivity index (χ1) is 12.2. The highest BCUT2D eigenvalue weighted by Gasteiger charge is 2.42. The average Bonchev–Trinajstić information content (AvgIpc) is 3.09. The van der Waals surface area contributed by atoms with E-state index in [0.29, 0.717) is 30.4 Å². The second-order valence-corrected chi connectivity index (χ2v) is 8.06. The summed E-state index contributed by atoms with van der Waals surface area (Å²) in [7, 11) is 0. The second kappa shape index (κ2) is 8.68. The lowest BCUT2D eigenvalue weighted by Gasteiger charge is -2.44. The van der Waals surface area contributed by atoms with Crippen LogP contribution in [-0.2, 0) is 16.1 Å². The summed E-state index contributed by atoms with van der Waals surface area (Å²) in [5, 5.41) is 0. The van der Waals surface area contributed by atoms with E-state index in [1.807, 2.05) is 17.0 Å². The number of hydrogen-bond acceptors (Lipinski definition) is 4. The van der Waals surface area contributed by atoms with E-state index in [2.05, 4.69) is 4.98 Å². The van der Waals surface area contributed by atoms with Crippen molar-refractivity contribution in [2.45, 2.75) is 57.3 Å². The van der Waals surface area contributed by atoms with E-state index in [-0.39, 0.29) is 24.4 Å². The lowest BCUT2D eigenvalue weighted by atomic mass is 9.65. The minimum absolute atomic E-state index is 0. The predicted molar refractivity (Wildman–Crippen MR) is 103 cm³/mol. The molecule has 3 atom stereocenters. The van der Waals surface area contributed by atoms with Crippen molar-refractivity contribution in [1.29, 1.82) is 0 Å². The Balaban J connectivity index is 0.00000196. The van der Waals surface area contributed by atoms with E-state index in [0.717, 1.165) is 37.9 Å². The van der Waals surface area contributed by atoms with Crippen molar-refractivity contribution in [3.63, 3.8) is 0 Å². The molecule has 0 aromatic carbocycles. The zero-order valence-corrected chi connectivity index (χ0v) is 16.1. The Bertz CT molecular complexity index is 586. The maximum atomic E-state index is 13.0. The first-order valence-electron chi connectivity index (χ1n) is 9.75. The molecule has 2 N–H and O–H groups in total. The van der Waals surface area contributed by atoms with Gasteiger partial charge in [0.15, 0.2) is 0 Å². The van der Waals surface area contributed by atoms with Crippen LogP contribution in [0.4, 0.5) is 0 Å². The van der Waals surface area contributed by atoms with Gasteiger partial charge in [0.1, 0.15) is 0 Å². The van der Waals surface area contributed by atoms with Gasteiger partial charge in [0.25, 0.3) is 0 Å². The molecule has 26 heavy (non-hydrogen) atoms. The Morgan fingerprint density at radius 1 is 1.19 bits per heavy atom. The minimum atomic E-state index is 0. The topological polar surface area (TPSA) is 68.5 Å². The lowest BCUT2D eigenvalue weighted by Crippen LogP contribution is -2.49. The zero-order chi connectivity index (χ0) is 17.2. The maximum absolute atomic E-state index is 13.0. The van der Waals surface area contributed by atoms with Crippen LogP contribution in [0.1, 0.15) is 44.1 Å². The Hall–Kier alpha value is -1.17. The quantitative estimate of drug-likeness (QED) is 0.873. The van der Waals surface area contributed by atoms with Gasteiger partial charge in [0.2, 0.25) is 5.91 Å². The number of nitrogens with zero attached hydrogens (tertiary/aromatic N) is 2. The number of aromatic nitrogens is 1. The largest absolute Gasteiger partial charge is 0.372 e. The Kier molecular flexibility index (Phi) is 6.54. The predicted octanol–water partition coefficient (Wildman–Crippen LogP) is 2.77. The van der Waals surface area contributed by atoms with Gasteiger partial charge in [-0.25, -0.2) is 0 Å². The zero-order valence-electron chi connectivity index (χ0n) is 15.3. The number of pyridine rings is 1. The van der Waals surface area contributed by atoms with Crippen molar-refractivity contribution in [2.75, 3.05) is 13.1 Å². The van der Waals surface area contributed by atoms with Gasteiger partial charge in [-0.1, -0.05) is 6.42 Å². The number of nitrogens with two attached hydrogens (primary N) is 1. The third kappa shape index (κ3) is 4.21. The number of ether oxygens (including phenoxy) is 1. The summed E-state index contributed by atoms with van der Waals surface area (Å²) >= 11 is 0. The fourth-order valence-corrected chi connectivity index (χ4v) is 5.01. The van der Waals surface area contributed by atoms with Crippen molar-refractivity contribution in [3.8, 4) is 0 Å². The second-order valence-electron chi connectivity index (χ2n) is 8.06. The Labute approximate surface area is 162 Å². The van der Waals surface area contributed by atoms with Gasteiger partial charge < -0.3 is 15.4 Å². The third-order valence-electron chi connectivity index (χ3n) is 6.45. The first kappa shape index (κ1) is 19.6. The van der Waals surface area contributed by atoms with E-state index < -0.39 is 0 Å². The summed E-state index contributed by atoms with van der Waals surface area (Å²) in [5.41, 5.74) is 7.50. The number of hydrogen-bond donors (Lipinski definition) is 1.